The summed E-state index contributed by atoms with van der Waals surface area (Å²) in [6.07, 6.45) is 0.889. The molecule has 0 radical (unpaired) electrons. The molecular weight excluding hydrogens is 210 g/mol. The van der Waals surface area contributed by atoms with E-state index in [2.05, 4.69) is 6.07 Å². The second kappa shape index (κ2) is 3.43. The molecular formula is C12H12ClNO. The van der Waals surface area contributed by atoms with Crippen LogP contribution < -0.4 is 4.74 Å². The molecule has 78 valence electrons. The molecule has 2 atom stereocenters. The van der Waals surface area contributed by atoms with Crippen LogP contribution >= 0.6 is 11.6 Å². The first kappa shape index (κ1) is 10.3. The van der Waals surface area contributed by atoms with Gasteiger partial charge >= 0.3 is 0 Å². The van der Waals surface area contributed by atoms with E-state index in [-0.39, 0.29) is 11.3 Å². The third-order valence-electron chi connectivity index (χ3n) is 3.06. The molecule has 0 aromatic heterocycles. The minimum absolute atomic E-state index is 0.238. The largest absolute Gasteiger partial charge is 0.496 e. The second-order valence-electron chi connectivity index (χ2n) is 4.17. The van der Waals surface area contributed by atoms with Gasteiger partial charge in [-0.05, 0) is 31.5 Å². The molecule has 0 bridgehead atoms. The van der Waals surface area contributed by atoms with E-state index >= 15 is 0 Å². The lowest BCUT2D eigenvalue weighted by atomic mass is 10.0. The molecule has 3 heteroatoms. The first-order chi connectivity index (χ1) is 7.10. The zero-order valence-corrected chi connectivity index (χ0v) is 9.51. The molecule has 15 heavy (non-hydrogen) atoms. The Kier molecular flexibility index (Phi) is 2.36. The van der Waals surface area contributed by atoms with Crippen molar-refractivity contribution in [3.8, 4) is 11.8 Å². The van der Waals surface area contributed by atoms with Gasteiger partial charge in [0.15, 0.2) is 0 Å². The smallest absolute Gasteiger partial charge is 0.122 e. The topological polar surface area (TPSA) is 33.0 Å². The third kappa shape index (κ3) is 1.68. The molecule has 1 saturated carbocycles. The van der Waals surface area contributed by atoms with Crippen LogP contribution in [0, 0.1) is 16.7 Å². The average Bonchev–Trinajstić information content (AvgIpc) is 2.92. The molecule has 0 saturated heterocycles. The highest BCUT2D eigenvalue weighted by Crippen LogP contribution is 2.60. The number of benzene rings is 1. The van der Waals surface area contributed by atoms with Gasteiger partial charge in [0.25, 0.3) is 0 Å². The zero-order valence-electron chi connectivity index (χ0n) is 8.75. The van der Waals surface area contributed by atoms with Gasteiger partial charge in [0.1, 0.15) is 5.75 Å². The number of rotatable bonds is 2. The Morgan fingerprint density at radius 2 is 2.33 bits per heavy atom. The van der Waals surface area contributed by atoms with Gasteiger partial charge in [0.2, 0.25) is 0 Å². The number of nitriles is 1. The van der Waals surface area contributed by atoms with Crippen LogP contribution in [0.2, 0.25) is 5.02 Å². The summed E-state index contributed by atoms with van der Waals surface area (Å²) in [5, 5.41) is 9.70. The van der Waals surface area contributed by atoms with Gasteiger partial charge in [-0.3, -0.25) is 0 Å². The molecule has 1 aromatic carbocycles. The van der Waals surface area contributed by atoms with E-state index in [0.29, 0.717) is 5.02 Å². The Morgan fingerprint density at radius 3 is 2.87 bits per heavy atom. The molecule has 1 aliphatic carbocycles. The Labute approximate surface area is 94.4 Å². The molecule has 0 spiro atoms. The van der Waals surface area contributed by atoms with Crippen LogP contribution in [0.4, 0.5) is 0 Å². The highest BCUT2D eigenvalue weighted by Gasteiger charge is 2.52. The van der Waals surface area contributed by atoms with Crippen molar-refractivity contribution in [2.24, 2.45) is 5.41 Å². The lowest BCUT2D eigenvalue weighted by molar-refractivity contribution is 0.408. The number of hydrogen-bond acceptors (Lipinski definition) is 2. The fourth-order valence-corrected chi connectivity index (χ4v) is 2.10. The molecule has 2 unspecified atom stereocenters. The highest BCUT2D eigenvalue weighted by molar-refractivity contribution is 6.30. The fourth-order valence-electron chi connectivity index (χ4n) is 1.92. The average molecular weight is 222 g/mol. The number of methoxy groups -OCH3 is 1. The van der Waals surface area contributed by atoms with Gasteiger partial charge in [-0.25, -0.2) is 0 Å². The van der Waals surface area contributed by atoms with Crippen LogP contribution in [-0.4, -0.2) is 7.11 Å². The van der Waals surface area contributed by atoms with E-state index in [0.717, 1.165) is 17.7 Å². The lowest BCUT2D eigenvalue weighted by Crippen LogP contribution is -1.96. The molecule has 0 heterocycles. The van der Waals surface area contributed by atoms with Gasteiger partial charge in [-0.1, -0.05) is 11.6 Å². The molecule has 0 amide bonds. The van der Waals surface area contributed by atoms with Gasteiger partial charge in [-0.15, -0.1) is 0 Å². The van der Waals surface area contributed by atoms with Crippen molar-refractivity contribution in [1.29, 1.82) is 5.26 Å². The first-order valence-corrected chi connectivity index (χ1v) is 5.23. The van der Waals surface area contributed by atoms with Gasteiger partial charge < -0.3 is 4.74 Å². The van der Waals surface area contributed by atoms with E-state index in [1.165, 1.54) is 0 Å². The molecule has 2 nitrogen and oxygen atoms in total. The molecule has 1 aliphatic rings. The van der Waals surface area contributed by atoms with Gasteiger partial charge in [-0.2, -0.15) is 5.26 Å². The summed E-state index contributed by atoms with van der Waals surface area (Å²) in [6.45, 7) is 1.97. The van der Waals surface area contributed by atoms with Crippen LogP contribution in [0.1, 0.15) is 24.8 Å². The van der Waals surface area contributed by atoms with Crippen LogP contribution in [0.15, 0.2) is 18.2 Å². The number of nitrogens with zero attached hydrogens (tertiary/aromatic N) is 1. The minimum atomic E-state index is -0.238. The molecule has 1 aromatic rings. The lowest BCUT2D eigenvalue weighted by Gasteiger charge is -2.09. The SMILES string of the molecule is COc1ccc(Cl)cc1C1CC1(C)C#N. The number of ether oxygens (including phenoxy) is 1. The van der Waals surface area contributed by atoms with E-state index in [1.807, 2.05) is 19.1 Å². The first-order valence-electron chi connectivity index (χ1n) is 4.85. The number of hydrogen-bond donors (Lipinski definition) is 0. The van der Waals surface area contributed by atoms with E-state index < -0.39 is 0 Å². The Hall–Kier alpha value is -1.20. The minimum Gasteiger partial charge on any atom is -0.496 e. The van der Waals surface area contributed by atoms with Crippen molar-refractivity contribution < 1.29 is 4.74 Å². The van der Waals surface area contributed by atoms with Crippen molar-refractivity contribution in [2.75, 3.05) is 7.11 Å². The van der Waals surface area contributed by atoms with Crippen molar-refractivity contribution in [1.82, 2.24) is 0 Å². The Balaban J connectivity index is 2.38. The maximum Gasteiger partial charge on any atom is 0.122 e. The summed E-state index contributed by atoms with van der Waals surface area (Å²) in [5.74, 6) is 1.08. The number of halogens is 1. The molecule has 0 N–H and O–H groups in total. The van der Waals surface area contributed by atoms with E-state index in [4.69, 9.17) is 21.6 Å². The van der Waals surface area contributed by atoms with Crippen molar-refractivity contribution in [3.63, 3.8) is 0 Å². The summed E-state index contributed by atoms with van der Waals surface area (Å²) < 4.78 is 5.27. The summed E-state index contributed by atoms with van der Waals surface area (Å²) in [4.78, 5) is 0. The van der Waals surface area contributed by atoms with Gasteiger partial charge in [0, 0.05) is 16.5 Å². The normalized spacial score (nSPS) is 28.3. The molecule has 1 fully saturated rings. The molecule has 2 rings (SSSR count). The van der Waals surface area contributed by atoms with Crippen LogP contribution in [0.25, 0.3) is 0 Å². The summed E-state index contributed by atoms with van der Waals surface area (Å²) in [7, 11) is 1.64. The summed E-state index contributed by atoms with van der Waals surface area (Å²) >= 11 is 5.94. The maximum absolute atomic E-state index is 9.01. The van der Waals surface area contributed by atoms with Gasteiger partial charge in [0.05, 0.1) is 18.6 Å². The zero-order chi connectivity index (χ0) is 11.1. The third-order valence-corrected chi connectivity index (χ3v) is 3.29. The monoisotopic (exact) mass is 221 g/mol. The van der Waals surface area contributed by atoms with Crippen LogP contribution in [-0.2, 0) is 0 Å². The maximum atomic E-state index is 9.01. The Bertz CT molecular complexity index is 438. The fraction of sp³-hybridized carbons (Fsp3) is 0.417. The van der Waals surface area contributed by atoms with Crippen molar-refractivity contribution >= 4 is 11.6 Å². The predicted octanol–water partition coefficient (Wildman–Crippen LogP) is 3.37. The highest BCUT2D eigenvalue weighted by atomic mass is 35.5. The van der Waals surface area contributed by atoms with E-state index in [1.54, 1.807) is 13.2 Å². The quantitative estimate of drug-likeness (QED) is 0.767. The standard InChI is InChI=1S/C12H12ClNO/c1-12(7-14)6-10(12)9-5-8(13)3-4-11(9)15-2/h3-5,10H,6H2,1-2H3. The van der Waals surface area contributed by atoms with Crippen molar-refractivity contribution in [3.05, 3.63) is 28.8 Å². The van der Waals surface area contributed by atoms with Crippen LogP contribution in [0.3, 0.4) is 0 Å². The van der Waals surface area contributed by atoms with Crippen LogP contribution in [0.5, 0.6) is 5.75 Å². The second-order valence-corrected chi connectivity index (χ2v) is 4.61. The molecule has 0 aliphatic heterocycles. The summed E-state index contributed by atoms with van der Waals surface area (Å²) in [5.41, 5.74) is 0.812. The van der Waals surface area contributed by atoms with E-state index in [9.17, 15) is 0 Å². The predicted molar refractivity (Wildman–Crippen MR) is 59.1 cm³/mol. The Morgan fingerprint density at radius 1 is 1.60 bits per heavy atom. The van der Waals surface area contributed by atoms with Crippen molar-refractivity contribution in [2.45, 2.75) is 19.3 Å². The summed E-state index contributed by atoms with van der Waals surface area (Å²) in [6, 6.07) is 7.89.